The Balaban J connectivity index is 2.71. The van der Waals surface area contributed by atoms with Gasteiger partial charge in [0.05, 0.1) is 22.1 Å². The third-order valence-corrected chi connectivity index (χ3v) is 6.04. The number of dihydropyridines is 1. The lowest BCUT2D eigenvalue weighted by Gasteiger charge is -2.30. The molecule has 1 aromatic rings. The summed E-state index contributed by atoms with van der Waals surface area (Å²) in [5.41, 5.74) is 0.256. The number of carboxylic acids is 1. The number of ether oxygens (including phenoxy) is 1. The summed E-state index contributed by atoms with van der Waals surface area (Å²) in [6, 6.07) is 4.67. The van der Waals surface area contributed by atoms with Crippen molar-refractivity contribution in [2.45, 2.75) is 33.1 Å². The van der Waals surface area contributed by atoms with Gasteiger partial charge in [0.25, 0.3) is 0 Å². The van der Waals surface area contributed by atoms with Crippen LogP contribution in [0.2, 0.25) is 0 Å². The number of carboxylic acid groups (broad SMARTS) is 1. The Labute approximate surface area is 154 Å². The Morgan fingerprint density at radius 2 is 1.89 bits per heavy atom. The normalized spacial score (nSPS) is 18.4. The number of rotatable bonds is 5. The molecule has 0 saturated carbocycles. The van der Waals surface area contributed by atoms with Crippen LogP contribution in [0.5, 0.6) is 5.75 Å². The highest BCUT2D eigenvalue weighted by Crippen LogP contribution is 2.42. The van der Waals surface area contributed by atoms with E-state index < -0.39 is 33.8 Å². The first-order valence-electron chi connectivity index (χ1n) is 7.87. The third kappa shape index (κ3) is 4.44. The Bertz CT molecular complexity index is 932. The number of nitrogens with one attached hydrogen (secondary N) is 1. The number of sulfone groups is 1. The molecule has 1 aliphatic rings. The predicted molar refractivity (Wildman–Crippen MR) is 91.5 cm³/mol. The molecule has 2 N–H and O–H groups in total. The number of aliphatic carboxylic acids is 1. The van der Waals surface area contributed by atoms with E-state index in [1.165, 1.54) is 32.9 Å². The van der Waals surface area contributed by atoms with Gasteiger partial charge < -0.3 is 15.2 Å². The van der Waals surface area contributed by atoms with Gasteiger partial charge in [0.2, 0.25) is 0 Å². The van der Waals surface area contributed by atoms with E-state index in [9.17, 15) is 31.5 Å². The number of alkyl halides is 3. The van der Waals surface area contributed by atoms with Crippen LogP contribution in [0.25, 0.3) is 0 Å². The second-order valence-corrected chi connectivity index (χ2v) is 8.16. The summed E-state index contributed by atoms with van der Waals surface area (Å²) in [6.45, 7) is 4.35. The Morgan fingerprint density at radius 3 is 2.41 bits per heavy atom. The summed E-state index contributed by atoms with van der Waals surface area (Å²) in [4.78, 5) is 11.6. The highest BCUT2D eigenvalue weighted by molar-refractivity contribution is 7.95. The van der Waals surface area contributed by atoms with Crippen LogP contribution in [0.15, 0.2) is 46.1 Å². The third-order valence-electron chi connectivity index (χ3n) is 4.07. The topological polar surface area (TPSA) is 92.7 Å². The lowest BCUT2D eigenvalue weighted by molar-refractivity contribution is -0.274. The maximum Gasteiger partial charge on any atom is 0.573 e. The molecule has 6 nitrogen and oxygen atoms in total. The first-order chi connectivity index (χ1) is 12.4. The highest BCUT2D eigenvalue weighted by atomic mass is 32.2. The number of allylic oxidation sites excluding steroid dienone is 3. The number of carbonyl (C=O) groups is 1. The molecule has 148 valence electrons. The van der Waals surface area contributed by atoms with E-state index in [0.29, 0.717) is 0 Å². The fourth-order valence-electron chi connectivity index (χ4n) is 3.04. The molecule has 0 aromatic heterocycles. The second kappa shape index (κ2) is 7.26. The van der Waals surface area contributed by atoms with Crippen molar-refractivity contribution in [3.63, 3.8) is 0 Å². The van der Waals surface area contributed by atoms with E-state index in [1.54, 1.807) is 0 Å². The van der Waals surface area contributed by atoms with E-state index in [4.69, 9.17) is 0 Å². The Morgan fingerprint density at radius 1 is 1.26 bits per heavy atom. The van der Waals surface area contributed by atoms with E-state index in [-0.39, 0.29) is 33.2 Å². The van der Waals surface area contributed by atoms with Crippen LogP contribution >= 0.6 is 0 Å². The molecular formula is C17H18F3NO5S. The first kappa shape index (κ1) is 20.8. The van der Waals surface area contributed by atoms with Gasteiger partial charge in [0.1, 0.15) is 5.75 Å². The van der Waals surface area contributed by atoms with E-state index in [2.05, 4.69) is 10.1 Å². The highest BCUT2D eigenvalue weighted by Gasteiger charge is 2.39. The van der Waals surface area contributed by atoms with Crippen molar-refractivity contribution in [3.05, 3.63) is 51.7 Å². The van der Waals surface area contributed by atoms with E-state index in [0.717, 1.165) is 12.1 Å². The minimum absolute atomic E-state index is 0.0707. The number of hydrogen-bond acceptors (Lipinski definition) is 5. The molecule has 1 heterocycles. The summed E-state index contributed by atoms with van der Waals surface area (Å²) >= 11 is 0. The largest absolute Gasteiger partial charge is 0.573 e. The minimum Gasteiger partial charge on any atom is -0.478 e. The Hall–Kier alpha value is -2.49. The van der Waals surface area contributed by atoms with Gasteiger partial charge in [-0.15, -0.1) is 13.2 Å². The van der Waals surface area contributed by atoms with Crippen LogP contribution in [0.4, 0.5) is 13.2 Å². The average molecular weight is 405 g/mol. The fourth-order valence-corrected chi connectivity index (χ4v) is 4.48. The SMILES string of the molecule is CCS(=O)(=O)C1=C(C)NC(C)=C(C(=O)O)C1c1cccc(OC(F)(F)F)c1. The lowest BCUT2D eigenvalue weighted by atomic mass is 9.86. The van der Waals surface area contributed by atoms with Crippen molar-refractivity contribution < 1.29 is 36.2 Å². The monoisotopic (exact) mass is 405 g/mol. The molecule has 0 saturated heterocycles. The standard InChI is InChI=1S/C17H18F3NO5S/c1-4-27(24,25)15-10(3)21-9(2)13(16(22)23)14(15)11-6-5-7-12(8-11)26-17(18,19)20/h5-8,14,21H,4H2,1-3H3,(H,22,23). The molecular weight excluding hydrogens is 387 g/mol. The molecule has 0 bridgehead atoms. The van der Waals surface area contributed by atoms with E-state index in [1.807, 2.05) is 0 Å². The molecule has 0 radical (unpaired) electrons. The van der Waals surface area contributed by atoms with Gasteiger partial charge in [0.15, 0.2) is 9.84 Å². The molecule has 0 amide bonds. The molecule has 1 unspecified atom stereocenters. The van der Waals surface area contributed by atoms with Crippen molar-refractivity contribution >= 4 is 15.8 Å². The van der Waals surface area contributed by atoms with Gasteiger partial charge in [-0.25, -0.2) is 13.2 Å². The molecule has 2 rings (SSSR count). The molecule has 0 spiro atoms. The maximum atomic E-state index is 12.6. The van der Waals surface area contributed by atoms with E-state index >= 15 is 0 Å². The van der Waals surface area contributed by atoms with Crippen molar-refractivity contribution in [2.75, 3.05) is 5.75 Å². The average Bonchev–Trinajstić information content (AvgIpc) is 2.52. The predicted octanol–water partition coefficient (Wildman–Crippen LogP) is 3.30. The van der Waals surface area contributed by atoms with Crippen LogP contribution in [0, 0.1) is 0 Å². The zero-order valence-electron chi connectivity index (χ0n) is 14.7. The zero-order valence-corrected chi connectivity index (χ0v) is 15.5. The van der Waals surface area contributed by atoms with Crippen molar-refractivity contribution in [1.29, 1.82) is 0 Å². The number of hydrogen-bond donors (Lipinski definition) is 2. The van der Waals surface area contributed by atoms with Gasteiger partial charge in [-0.2, -0.15) is 0 Å². The summed E-state index contributed by atoms with van der Waals surface area (Å²) < 4.78 is 66.7. The Kier molecular flexibility index (Phi) is 5.60. The van der Waals surface area contributed by atoms with Crippen molar-refractivity contribution in [3.8, 4) is 5.75 Å². The molecule has 27 heavy (non-hydrogen) atoms. The van der Waals surface area contributed by atoms with Crippen LogP contribution in [-0.2, 0) is 14.6 Å². The molecule has 1 atom stereocenters. The smallest absolute Gasteiger partial charge is 0.478 e. The number of benzene rings is 1. The van der Waals surface area contributed by atoms with Gasteiger partial charge in [-0.3, -0.25) is 0 Å². The quantitative estimate of drug-likeness (QED) is 0.781. The fraction of sp³-hybridized carbons (Fsp3) is 0.353. The molecule has 1 aliphatic heterocycles. The maximum absolute atomic E-state index is 12.6. The minimum atomic E-state index is -4.93. The van der Waals surface area contributed by atoms with Crippen LogP contribution < -0.4 is 10.1 Å². The van der Waals surface area contributed by atoms with Crippen LogP contribution in [-0.4, -0.2) is 31.6 Å². The molecule has 10 heteroatoms. The van der Waals surface area contributed by atoms with Crippen LogP contribution in [0.3, 0.4) is 0 Å². The van der Waals surface area contributed by atoms with Gasteiger partial charge in [-0.05, 0) is 31.5 Å². The molecule has 1 aromatic carbocycles. The first-order valence-corrected chi connectivity index (χ1v) is 9.53. The lowest BCUT2D eigenvalue weighted by Crippen LogP contribution is -2.31. The van der Waals surface area contributed by atoms with Crippen molar-refractivity contribution in [2.24, 2.45) is 0 Å². The summed E-state index contributed by atoms with van der Waals surface area (Å²) in [5.74, 6) is -3.48. The van der Waals surface area contributed by atoms with Gasteiger partial charge in [-0.1, -0.05) is 19.1 Å². The number of halogens is 3. The second-order valence-electron chi connectivity index (χ2n) is 5.91. The van der Waals surface area contributed by atoms with Gasteiger partial charge >= 0.3 is 12.3 Å². The summed E-state index contributed by atoms with van der Waals surface area (Å²) in [7, 11) is -3.85. The van der Waals surface area contributed by atoms with Gasteiger partial charge in [0, 0.05) is 11.4 Å². The summed E-state index contributed by atoms with van der Waals surface area (Å²) in [5, 5.41) is 12.4. The summed E-state index contributed by atoms with van der Waals surface area (Å²) in [6.07, 6.45) is -4.93. The zero-order chi connectivity index (χ0) is 20.6. The molecule has 0 fully saturated rings. The molecule has 0 aliphatic carbocycles. The van der Waals surface area contributed by atoms with Crippen molar-refractivity contribution in [1.82, 2.24) is 5.32 Å². The van der Waals surface area contributed by atoms with Crippen LogP contribution in [0.1, 0.15) is 32.3 Å².